The third-order valence-corrected chi connectivity index (χ3v) is 7.20. The summed E-state index contributed by atoms with van der Waals surface area (Å²) in [6.07, 6.45) is 3.27. The van der Waals surface area contributed by atoms with E-state index in [1.165, 1.54) is 11.8 Å². The molecule has 6 nitrogen and oxygen atoms in total. The van der Waals surface area contributed by atoms with Crippen LogP contribution in [0.1, 0.15) is 88.8 Å². The molecule has 0 aromatic heterocycles. The summed E-state index contributed by atoms with van der Waals surface area (Å²) in [6.45, 7) is 15.7. The second-order valence-electron chi connectivity index (χ2n) is 9.92. The zero-order valence-corrected chi connectivity index (χ0v) is 22.2. The lowest BCUT2D eigenvalue weighted by molar-refractivity contribution is -0.126. The summed E-state index contributed by atoms with van der Waals surface area (Å²) < 4.78 is 24.3. The number of hydrogen-bond donors (Lipinski definition) is 2. The minimum Gasteiger partial charge on any atom is -0.355 e. The van der Waals surface area contributed by atoms with Gasteiger partial charge in [0.15, 0.2) is 9.84 Å². The molecule has 1 aliphatic heterocycles. The number of sulfone groups is 1. The van der Waals surface area contributed by atoms with Crippen molar-refractivity contribution in [2.24, 2.45) is 11.7 Å². The first-order valence-corrected chi connectivity index (χ1v) is 13.7. The average Bonchev–Trinajstić information content (AvgIpc) is 2.71. The zero-order chi connectivity index (χ0) is 24.6. The second-order valence-corrected chi connectivity index (χ2v) is 11.9. The van der Waals surface area contributed by atoms with E-state index >= 15 is 0 Å². The molecule has 1 aliphatic rings. The number of amides is 1. The minimum atomic E-state index is -3.20. The van der Waals surface area contributed by atoms with Gasteiger partial charge in [0.1, 0.15) is 0 Å². The molecule has 0 aliphatic carbocycles. The fourth-order valence-corrected chi connectivity index (χ4v) is 5.37. The van der Waals surface area contributed by atoms with Gasteiger partial charge in [-0.1, -0.05) is 53.7 Å². The van der Waals surface area contributed by atoms with Gasteiger partial charge in [0.05, 0.1) is 4.90 Å². The van der Waals surface area contributed by atoms with E-state index in [1.807, 2.05) is 0 Å². The molecule has 2 rings (SSSR count). The number of nitrogens with two attached hydrogens (primary N) is 1. The lowest BCUT2D eigenvalue weighted by Gasteiger charge is -2.27. The molecule has 0 spiro atoms. The first-order chi connectivity index (χ1) is 14.8. The molecule has 1 fully saturated rings. The van der Waals surface area contributed by atoms with Gasteiger partial charge >= 0.3 is 0 Å². The van der Waals surface area contributed by atoms with Gasteiger partial charge in [-0.25, -0.2) is 8.42 Å². The van der Waals surface area contributed by atoms with Crippen LogP contribution in [0.4, 0.5) is 0 Å². The first kappa shape index (κ1) is 28.6. The van der Waals surface area contributed by atoms with Crippen LogP contribution in [-0.4, -0.2) is 58.7 Å². The van der Waals surface area contributed by atoms with Crippen molar-refractivity contribution in [3.05, 3.63) is 28.8 Å². The molecule has 7 heteroatoms. The van der Waals surface area contributed by atoms with Crippen LogP contribution in [-0.2, 0) is 14.6 Å². The van der Waals surface area contributed by atoms with Gasteiger partial charge in [0.25, 0.3) is 0 Å². The Morgan fingerprint density at radius 3 is 1.84 bits per heavy atom. The van der Waals surface area contributed by atoms with E-state index < -0.39 is 9.84 Å². The van der Waals surface area contributed by atoms with E-state index in [9.17, 15) is 13.2 Å². The molecule has 1 saturated heterocycles. The zero-order valence-electron chi connectivity index (χ0n) is 21.4. The Bertz CT molecular complexity index is 811. The Morgan fingerprint density at radius 1 is 1.03 bits per heavy atom. The lowest BCUT2D eigenvalue weighted by atomic mass is 9.89. The third kappa shape index (κ3) is 8.49. The molecule has 0 bridgehead atoms. The quantitative estimate of drug-likeness (QED) is 0.635. The van der Waals surface area contributed by atoms with Crippen molar-refractivity contribution in [3.8, 4) is 0 Å². The van der Waals surface area contributed by atoms with Crippen LogP contribution in [0.3, 0.4) is 0 Å². The molecular weight excluding hydrogens is 422 g/mol. The molecule has 0 unspecified atom stereocenters. The van der Waals surface area contributed by atoms with Crippen molar-refractivity contribution in [3.63, 3.8) is 0 Å². The topological polar surface area (TPSA) is 92.5 Å². The molecule has 1 aromatic carbocycles. The van der Waals surface area contributed by atoms with Crippen molar-refractivity contribution in [2.45, 2.75) is 77.0 Å². The molecule has 0 saturated carbocycles. The summed E-state index contributed by atoms with van der Waals surface area (Å²) in [4.78, 5) is 14.3. The molecule has 0 radical (unpaired) electrons. The van der Waals surface area contributed by atoms with E-state index in [2.05, 4.69) is 70.9 Å². The number of nitrogens with zero attached hydrogens (tertiary/aromatic N) is 1. The summed E-state index contributed by atoms with van der Waals surface area (Å²) in [6, 6.07) is 4.13. The summed E-state index contributed by atoms with van der Waals surface area (Å²) in [5, 5.41) is 2.83. The lowest BCUT2D eigenvalue weighted by Crippen LogP contribution is -2.40. The Labute approximate surface area is 196 Å². The van der Waals surface area contributed by atoms with Crippen molar-refractivity contribution in [1.82, 2.24) is 10.2 Å². The van der Waals surface area contributed by atoms with Gasteiger partial charge in [0.2, 0.25) is 5.91 Å². The Balaban J connectivity index is 0.000000343. The van der Waals surface area contributed by atoms with E-state index in [4.69, 9.17) is 5.73 Å². The molecule has 3 N–H and O–H groups in total. The van der Waals surface area contributed by atoms with Gasteiger partial charge in [-0.3, -0.25) is 4.79 Å². The monoisotopic (exact) mass is 467 g/mol. The number of rotatable bonds is 7. The number of hydrogen-bond acceptors (Lipinski definition) is 5. The smallest absolute Gasteiger partial charge is 0.223 e. The van der Waals surface area contributed by atoms with Crippen LogP contribution in [0.2, 0.25) is 0 Å². The van der Waals surface area contributed by atoms with Gasteiger partial charge in [0, 0.05) is 25.3 Å². The Kier molecular flexibility index (Phi) is 11.4. The number of likely N-dealkylation sites (tertiary alicyclic amines) is 1. The van der Waals surface area contributed by atoms with Crippen molar-refractivity contribution in [2.75, 3.05) is 39.5 Å². The standard InChI is InChI=1S/C16H26O2S.C9H19N3O/c1-10(2)13-8-14(11(3)4)16(19(7,17)18)15(9-13)12(5)6;1-12-6-2-8(3-7-12)9(13)11-5-4-10/h8-12H,1-7H3;8H,2-7,10H2,1H3,(H,11,13). The summed E-state index contributed by atoms with van der Waals surface area (Å²) in [7, 11) is -1.11. The molecule has 0 atom stereocenters. The number of carbonyl (C=O) groups is 1. The largest absolute Gasteiger partial charge is 0.355 e. The molecule has 184 valence electrons. The number of piperidine rings is 1. The predicted octanol–water partition coefficient (Wildman–Crippen LogP) is 3.86. The molecule has 32 heavy (non-hydrogen) atoms. The first-order valence-electron chi connectivity index (χ1n) is 11.8. The maximum atomic E-state index is 12.2. The highest BCUT2D eigenvalue weighted by atomic mass is 32.2. The van der Waals surface area contributed by atoms with Gasteiger partial charge in [-0.05, 0) is 67.4 Å². The maximum Gasteiger partial charge on any atom is 0.223 e. The van der Waals surface area contributed by atoms with E-state index in [-0.39, 0.29) is 23.7 Å². The van der Waals surface area contributed by atoms with Crippen LogP contribution in [0.5, 0.6) is 0 Å². The van der Waals surface area contributed by atoms with Gasteiger partial charge < -0.3 is 16.0 Å². The fourth-order valence-electron chi connectivity index (χ4n) is 3.93. The summed E-state index contributed by atoms with van der Waals surface area (Å²) in [5.41, 5.74) is 8.44. The molecular formula is C25H45N3O3S. The SMILES string of the molecule is CC(C)c1cc(C(C)C)c(S(C)(=O)=O)c(C(C)C)c1.CN1CCC(C(=O)NCCN)CC1. The third-order valence-electron chi connectivity index (χ3n) is 5.98. The van der Waals surface area contributed by atoms with E-state index in [1.54, 1.807) is 0 Å². The van der Waals surface area contributed by atoms with Crippen molar-refractivity contribution >= 4 is 15.7 Å². The number of carbonyl (C=O) groups excluding carboxylic acids is 1. The van der Waals surface area contributed by atoms with E-state index in [0.717, 1.165) is 37.1 Å². The molecule has 1 heterocycles. The van der Waals surface area contributed by atoms with Crippen LogP contribution >= 0.6 is 0 Å². The minimum absolute atomic E-state index is 0.179. The highest BCUT2D eigenvalue weighted by molar-refractivity contribution is 7.90. The second kappa shape index (κ2) is 12.7. The highest BCUT2D eigenvalue weighted by Gasteiger charge is 2.24. The average molecular weight is 468 g/mol. The summed E-state index contributed by atoms with van der Waals surface area (Å²) >= 11 is 0. The number of benzene rings is 1. The Hall–Kier alpha value is -1.44. The summed E-state index contributed by atoms with van der Waals surface area (Å²) in [5.74, 6) is 1.21. The van der Waals surface area contributed by atoms with E-state index in [0.29, 0.717) is 23.9 Å². The van der Waals surface area contributed by atoms with Crippen molar-refractivity contribution < 1.29 is 13.2 Å². The maximum absolute atomic E-state index is 12.2. The highest BCUT2D eigenvalue weighted by Crippen LogP contribution is 2.34. The fraction of sp³-hybridized carbons (Fsp3) is 0.720. The van der Waals surface area contributed by atoms with Crippen LogP contribution in [0.15, 0.2) is 17.0 Å². The number of nitrogens with one attached hydrogen (secondary N) is 1. The van der Waals surface area contributed by atoms with Crippen molar-refractivity contribution in [1.29, 1.82) is 0 Å². The van der Waals surface area contributed by atoms with Crippen LogP contribution in [0, 0.1) is 5.92 Å². The van der Waals surface area contributed by atoms with Crippen LogP contribution in [0.25, 0.3) is 0 Å². The molecule has 1 amide bonds. The predicted molar refractivity (Wildman–Crippen MR) is 134 cm³/mol. The van der Waals surface area contributed by atoms with Crippen LogP contribution < -0.4 is 11.1 Å². The normalized spacial score (nSPS) is 15.8. The molecule has 1 aromatic rings. The Morgan fingerprint density at radius 2 is 1.50 bits per heavy atom. The van der Waals surface area contributed by atoms with Gasteiger partial charge in [-0.2, -0.15) is 0 Å². The van der Waals surface area contributed by atoms with Gasteiger partial charge in [-0.15, -0.1) is 0 Å².